The molecule has 140 valence electrons. The highest BCUT2D eigenvalue weighted by Crippen LogP contribution is 2.14. The van der Waals surface area contributed by atoms with E-state index in [0.29, 0.717) is 5.65 Å². The number of halogens is 2. The molecular weight excluding hydrogens is 368 g/mol. The third-order valence-electron chi connectivity index (χ3n) is 4.17. The Morgan fingerprint density at radius 2 is 1.82 bits per heavy atom. The molecule has 0 fully saturated rings. The predicted molar refractivity (Wildman–Crippen MR) is 97.9 cm³/mol. The molecule has 0 saturated heterocycles. The topological polar surface area (TPSA) is 81.8 Å². The fourth-order valence-electron chi connectivity index (χ4n) is 2.68. The minimum absolute atomic E-state index is 0.138. The van der Waals surface area contributed by atoms with Crippen molar-refractivity contribution in [2.45, 2.75) is 6.92 Å². The number of carbonyl (C=O) groups excluding carboxylic acids is 1. The van der Waals surface area contributed by atoms with Crippen molar-refractivity contribution in [3.8, 4) is 5.69 Å². The number of amides is 1. The van der Waals surface area contributed by atoms with E-state index in [4.69, 9.17) is 0 Å². The van der Waals surface area contributed by atoms with E-state index in [0.717, 1.165) is 40.5 Å². The molecule has 1 N–H and O–H groups in total. The van der Waals surface area contributed by atoms with Crippen molar-refractivity contribution in [2.24, 2.45) is 0 Å². The zero-order chi connectivity index (χ0) is 19.8. The van der Waals surface area contributed by atoms with Gasteiger partial charge in [0.05, 0.1) is 11.9 Å². The molecule has 0 aliphatic heterocycles. The first-order chi connectivity index (χ1) is 13.4. The maximum Gasteiger partial charge on any atom is 0.283 e. The summed E-state index contributed by atoms with van der Waals surface area (Å²) in [6, 6.07) is 10.2. The fraction of sp³-hybridized carbons (Fsp3) is 0.0526. The van der Waals surface area contributed by atoms with Gasteiger partial charge in [-0.25, -0.2) is 23.1 Å². The Hall–Kier alpha value is -3.88. The SMILES string of the molecule is Cc1ccc(-n2ncc3c(=O)n(NC(=O)c4ccc(F)c(F)c4)cnc32)cc1. The van der Waals surface area contributed by atoms with Crippen molar-refractivity contribution in [3.63, 3.8) is 0 Å². The number of benzene rings is 2. The van der Waals surface area contributed by atoms with Crippen LogP contribution in [0.2, 0.25) is 0 Å². The lowest BCUT2D eigenvalue weighted by atomic mass is 10.2. The first-order valence-corrected chi connectivity index (χ1v) is 8.23. The second-order valence-electron chi connectivity index (χ2n) is 6.12. The number of nitrogens with zero attached hydrogens (tertiary/aromatic N) is 4. The van der Waals surface area contributed by atoms with E-state index < -0.39 is 23.1 Å². The molecule has 4 rings (SSSR count). The van der Waals surface area contributed by atoms with Crippen LogP contribution in [0.15, 0.2) is 59.8 Å². The average molecular weight is 381 g/mol. The molecule has 0 bridgehead atoms. The van der Waals surface area contributed by atoms with E-state index in [9.17, 15) is 18.4 Å². The highest BCUT2D eigenvalue weighted by molar-refractivity contribution is 6.00. The third kappa shape index (κ3) is 3.02. The summed E-state index contributed by atoms with van der Waals surface area (Å²) in [5.74, 6) is -3.01. The first kappa shape index (κ1) is 17.5. The van der Waals surface area contributed by atoms with Gasteiger partial charge in [0.15, 0.2) is 17.3 Å². The normalized spacial score (nSPS) is 11.0. The Kier molecular flexibility index (Phi) is 4.19. The molecule has 0 atom stereocenters. The van der Waals surface area contributed by atoms with Crippen molar-refractivity contribution in [2.75, 3.05) is 5.43 Å². The van der Waals surface area contributed by atoms with Gasteiger partial charge in [0.25, 0.3) is 11.5 Å². The van der Waals surface area contributed by atoms with Gasteiger partial charge in [0, 0.05) is 5.56 Å². The van der Waals surface area contributed by atoms with Crippen LogP contribution in [-0.2, 0) is 0 Å². The Labute approximate surface area is 156 Å². The third-order valence-corrected chi connectivity index (χ3v) is 4.17. The molecule has 28 heavy (non-hydrogen) atoms. The summed E-state index contributed by atoms with van der Waals surface area (Å²) in [7, 11) is 0. The van der Waals surface area contributed by atoms with Crippen LogP contribution in [0.1, 0.15) is 15.9 Å². The highest BCUT2D eigenvalue weighted by Gasteiger charge is 2.14. The summed E-state index contributed by atoms with van der Waals surface area (Å²) in [6.45, 7) is 1.96. The van der Waals surface area contributed by atoms with Crippen molar-refractivity contribution in [3.05, 3.63) is 88.1 Å². The molecule has 0 aliphatic rings. The molecule has 0 unspecified atom stereocenters. The summed E-state index contributed by atoms with van der Waals surface area (Å²) >= 11 is 0. The summed E-state index contributed by atoms with van der Waals surface area (Å²) in [4.78, 5) is 29.0. The van der Waals surface area contributed by atoms with Crippen molar-refractivity contribution in [1.29, 1.82) is 0 Å². The van der Waals surface area contributed by atoms with Crippen LogP contribution in [0, 0.1) is 18.6 Å². The number of aromatic nitrogens is 4. The van der Waals surface area contributed by atoms with Crippen LogP contribution in [0.5, 0.6) is 0 Å². The summed E-state index contributed by atoms with van der Waals surface area (Å²) in [5, 5.41) is 4.38. The second kappa shape index (κ2) is 6.69. The smallest absolute Gasteiger partial charge is 0.267 e. The van der Waals surface area contributed by atoms with Crippen LogP contribution in [-0.4, -0.2) is 25.3 Å². The predicted octanol–water partition coefficient (Wildman–Crippen LogP) is 2.55. The Balaban J connectivity index is 1.69. The zero-order valence-electron chi connectivity index (χ0n) is 14.6. The average Bonchev–Trinajstić information content (AvgIpc) is 3.11. The molecule has 2 aromatic heterocycles. The molecular formula is C19H13F2N5O2. The second-order valence-corrected chi connectivity index (χ2v) is 6.12. The molecule has 0 radical (unpaired) electrons. The van der Waals surface area contributed by atoms with Crippen molar-refractivity contribution in [1.82, 2.24) is 19.4 Å². The number of carbonyl (C=O) groups is 1. The highest BCUT2D eigenvalue weighted by atomic mass is 19.2. The van der Waals surface area contributed by atoms with Crippen LogP contribution in [0.3, 0.4) is 0 Å². The Morgan fingerprint density at radius 1 is 1.07 bits per heavy atom. The largest absolute Gasteiger partial charge is 0.283 e. The number of hydrogen-bond donors (Lipinski definition) is 1. The maximum atomic E-state index is 13.3. The van der Waals surface area contributed by atoms with E-state index in [2.05, 4.69) is 15.5 Å². The molecule has 7 nitrogen and oxygen atoms in total. The Bertz CT molecular complexity index is 1260. The van der Waals surface area contributed by atoms with Gasteiger partial charge in [-0.15, -0.1) is 0 Å². The van der Waals surface area contributed by atoms with Crippen LogP contribution < -0.4 is 11.0 Å². The molecule has 4 aromatic rings. The minimum atomic E-state index is -1.16. The van der Waals surface area contributed by atoms with Crippen LogP contribution in [0.25, 0.3) is 16.7 Å². The van der Waals surface area contributed by atoms with Crippen LogP contribution >= 0.6 is 0 Å². The van der Waals surface area contributed by atoms with E-state index in [1.165, 1.54) is 10.9 Å². The number of hydrogen-bond acceptors (Lipinski definition) is 4. The molecule has 0 spiro atoms. The summed E-state index contributed by atoms with van der Waals surface area (Å²) < 4.78 is 28.7. The van der Waals surface area contributed by atoms with E-state index >= 15 is 0 Å². The summed E-state index contributed by atoms with van der Waals surface area (Å²) in [5.41, 5.74) is 3.74. The van der Waals surface area contributed by atoms with Gasteiger partial charge in [-0.3, -0.25) is 15.0 Å². The van der Waals surface area contributed by atoms with Gasteiger partial charge < -0.3 is 0 Å². The monoisotopic (exact) mass is 381 g/mol. The van der Waals surface area contributed by atoms with Crippen molar-refractivity contribution < 1.29 is 13.6 Å². The van der Waals surface area contributed by atoms with Crippen molar-refractivity contribution >= 4 is 16.9 Å². The number of nitrogens with one attached hydrogen (secondary N) is 1. The van der Waals surface area contributed by atoms with Gasteiger partial charge >= 0.3 is 0 Å². The summed E-state index contributed by atoms with van der Waals surface area (Å²) in [6.07, 6.45) is 2.49. The minimum Gasteiger partial charge on any atom is -0.267 e. The fourth-order valence-corrected chi connectivity index (χ4v) is 2.68. The van der Waals surface area contributed by atoms with E-state index in [-0.39, 0.29) is 10.9 Å². The lowest BCUT2D eigenvalue weighted by molar-refractivity contribution is 0.101. The lowest BCUT2D eigenvalue weighted by Gasteiger charge is -2.08. The molecule has 2 aromatic carbocycles. The number of fused-ring (bicyclic) bond motifs is 1. The van der Waals surface area contributed by atoms with Gasteiger partial charge in [0.2, 0.25) is 0 Å². The maximum absolute atomic E-state index is 13.3. The lowest BCUT2D eigenvalue weighted by Crippen LogP contribution is -2.33. The number of rotatable bonds is 3. The van der Waals surface area contributed by atoms with Gasteiger partial charge in [-0.05, 0) is 37.3 Å². The molecule has 1 amide bonds. The molecule has 9 heteroatoms. The zero-order valence-corrected chi connectivity index (χ0v) is 14.6. The first-order valence-electron chi connectivity index (χ1n) is 8.23. The van der Waals surface area contributed by atoms with Crippen LogP contribution in [0.4, 0.5) is 8.78 Å². The van der Waals surface area contributed by atoms with E-state index in [1.807, 2.05) is 31.2 Å². The Morgan fingerprint density at radius 3 is 2.54 bits per heavy atom. The van der Waals surface area contributed by atoms with Gasteiger partial charge in [0.1, 0.15) is 11.7 Å². The van der Waals surface area contributed by atoms with Gasteiger partial charge in [-0.1, -0.05) is 17.7 Å². The molecule has 0 aliphatic carbocycles. The molecule has 0 saturated carbocycles. The standard InChI is InChI=1S/C19H13F2N5O2/c1-11-2-5-13(6-3-11)26-17-14(9-23-26)19(28)25(10-22-17)24-18(27)12-4-7-15(20)16(21)8-12/h2-10H,1H3,(H,24,27). The number of aryl methyl sites for hydroxylation is 1. The van der Waals surface area contributed by atoms with E-state index in [1.54, 1.807) is 0 Å². The quantitative estimate of drug-likeness (QED) is 0.591. The molecule has 2 heterocycles. The van der Waals surface area contributed by atoms with Gasteiger partial charge in [-0.2, -0.15) is 5.10 Å².